The number of aryl methyl sites for hydroxylation is 1. The molecule has 2 amide bonds. The highest BCUT2D eigenvalue weighted by molar-refractivity contribution is 9.10. The molecule has 6 nitrogen and oxygen atoms in total. The smallest absolute Gasteiger partial charge is 0.257 e. The number of methoxy groups -OCH3 is 1. The number of nitrogens with one attached hydrogen (secondary N) is 3. The van der Waals surface area contributed by atoms with Gasteiger partial charge in [-0.15, -0.1) is 0 Å². The molecule has 7 heteroatoms. The number of carbonyl (C=O) groups excluding carboxylic acids is 2. The van der Waals surface area contributed by atoms with Crippen molar-refractivity contribution in [1.29, 1.82) is 0 Å². The molecule has 27 heavy (non-hydrogen) atoms. The summed E-state index contributed by atoms with van der Waals surface area (Å²) >= 11 is 3.41. The molecule has 0 aliphatic carbocycles. The Kier molecular flexibility index (Phi) is 8.64. The Hall–Kier alpha value is -2.54. The third kappa shape index (κ3) is 7.70. The number of para-hydroxylation sites is 2. The average molecular weight is 434 g/mol. The van der Waals surface area contributed by atoms with Crippen LogP contribution in [0.2, 0.25) is 0 Å². The molecule has 3 N–H and O–H groups in total. The van der Waals surface area contributed by atoms with E-state index in [4.69, 9.17) is 4.74 Å². The number of benzene rings is 2. The Morgan fingerprint density at radius 1 is 0.963 bits per heavy atom. The molecule has 144 valence electrons. The normalized spacial score (nSPS) is 10.1. The number of rotatable bonds is 9. The van der Waals surface area contributed by atoms with E-state index in [1.165, 1.54) is 5.56 Å². The second-order valence-corrected chi connectivity index (χ2v) is 6.90. The molecule has 0 saturated heterocycles. The van der Waals surface area contributed by atoms with Crippen molar-refractivity contribution in [2.75, 3.05) is 19.0 Å². The second kappa shape index (κ2) is 11.2. The zero-order valence-electron chi connectivity index (χ0n) is 15.3. The molecule has 0 heterocycles. The minimum atomic E-state index is -0.330. The van der Waals surface area contributed by atoms with Gasteiger partial charge in [0.2, 0.25) is 5.91 Å². The van der Waals surface area contributed by atoms with E-state index in [-0.39, 0.29) is 18.4 Å². The van der Waals surface area contributed by atoms with Crippen LogP contribution in [-0.2, 0) is 16.0 Å². The van der Waals surface area contributed by atoms with Crippen molar-refractivity contribution in [2.45, 2.75) is 25.7 Å². The molecule has 2 rings (SSSR count). The van der Waals surface area contributed by atoms with Gasteiger partial charge in [-0.3, -0.25) is 20.4 Å². The summed E-state index contributed by atoms with van der Waals surface area (Å²) in [4.78, 5) is 23.6. The highest BCUT2D eigenvalue weighted by Gasteiger charge is 2.06. The summed E-state index contributed by atoms with van der Waals surface area (Å²) in [6, 6.07) is 15.5. The van der Waals surface area contributed by atoms with Crippen LogP contribution in [-0.4, -0.2) is 25.5 Å². The van der Waals surface area contributed by atoms with Crippen LogP contribution in [0.5, 0.6) is 5.75 Å². The summed E-state index contributed by atoms with van der Waals surface area (Å²) in [7, 11) is 1.57. The number of hydrazine groups is 1. The molecule has 0 radical (unpaired) electrons. The maximum Gasteiger partial charge on any atom is 0.257 e. The molecule has 0 saturated carbocycles. The van der Waals surface area contributed by atoms with E-state index in [0.717, 1.165) is 29.4 Å². The molecule has 0 spiro atoms. The maximum atomic E-state index is 11.8. The van der Waals surface area contributed by atoms with E-state index < -0.39 is 0 Å². The zero-order chi connectivity index (χ0) is 19.5. The first kappa shape index (κ1) is 20.8. The van der Waals surface area contributed by atoms with E-state index in [1.54, 1.807) is 13.2 Å². The topological polar surface area (TPSA) is 79.5 Å². The Morgan fingerprint density at radius 3 is 2.41 bits per heavy atom. The molecule has 0 fully saturated rings. The lowest BCUT2D eigenvalue weighted by atomic mass is 10.1. The van der Waals surface area contributed by atoms with Gasteiger partial charge in [0.25, 0.3) is 5.91 Å². The van der Waals surface area contributed by atoms with E-state index in [2.05, 4.69) is 44.2 Å². The fourth-order valence-electron chi connectivity index (χ4n) is 2.48. The number of carbonyl (C=O) groups is 2. The Bertz CT molecular complexity index is 750. The lowest BCUT2D eigenvalue weighted by Crippen LogP contribution is -2.44. The van der Waals surface area contributed by atoms with Gasteiger partial charge in [0.05, 0.1) is 19.3 Å². The van der Waals surface area contributed by atoms with Crippen LogP contribution in [0.15, 0.2) is 53.0 Å². The number of hydrogen-bond donors (Lipinski definition) is 3. The van der Waals surface area contributed by atoms with Crippen molar-refractivity contribution < 1.29 is 14.3 Å². The van der Waals surface area contributed by atoms with E-state index >= 15 is 0 Å². The quantitative estimate of drug-likeness (QED) is 0.418. The molecular weight excluding hydrogens is 410 g/mol. The van der Waals surface area contributed by atoms with Crippen molar-refractivity contribution >= 4 is 33.4 Å². The molecule has 2 aromatic carbocycles. The van der Waals surface area contributed by atoms with E-state index in [9.17, 15) is 9.59 Å². The summed E-state index contributed by atoms with van der Waals surface area (Å²) in [5.41, 5.74) is 6.81. The summed E-state index contributed by atoms with van der Waals surface area (Å²) in [5, 5.41) is 2.97. The number of anilines is 1. The van der Waals surface area contributed by atoms with Gasteiger partial charge < -0.3 is 10.1 Å². The van der Waals surface area contributed by atoms with Gasteiger partial charge in [0.1, 0.15) is 5.75 Å². The number of ether oxygens (including phenoxy) is 1. The fraction of sp³-hybridized carbons (Fsp3) is 0.300. The summed E-state index contributed by atoms with van der Waals surface area (Å²) in [5.74, 6) is 0.126. The third-order valence-corrected chi connectivity index (χ3v) is 4.45. The zero-order valence-corrected chi connectivity index (χ0v) is 16.8. The molecule has 2 aromatic rings. The van der Waals surface area contributed by atoms with E-state index in [1.807, 2.05) is 30.3 Å². The van der Waals surface area contributed by atoms with Gasteiger partial charge in [-0.05, 0) is 49.1 Å². The molecule has 0 aliphatic rings. The van der Waals surface area contributed by atoms with Crippen molar-refractivity contribution in [3.05, 3.63) is 58.6 Å². The highest BCUT2D eigenvalue weighted by atomic mass is 79.9. The average Bonchev–Trinajstić information content (AvgIpc) is 2.69. The summed E-state index contributed by atoms with van der Waals surface area (Å²) in [6.07, 6.45) is 2.97. The lowest BCUT2D eigenvalue weighted by molar-refractivity contribution is -0.128. The first-order valence-corrected chi connectivity index (χ1v) is 9.57. The number of hydrogen-bond acceptors (Lipinski definition) is 4. The molecule has 0 atom stereocenters. The maximum absolute atomic E-state index is 11.8. The SMILES string of the molecule is COc1ccccc1NCC(=O)NNC(=O)CCCCc1ccc(Br)cc1. The van der Waals surface area contributed by atoms with Crippen molar-refractivity contribution in [3.63, 3.8) is 0 Å². The minimum absolute atomic E-state index is 0.0320. The first-order valence-electron chi connectivity index (χ1n) is 8.77. The fourth-order valence-corrected chi connectivity index (χ4v) is 2.74. The van der Waals surface area contributed by atoms with Gasteiger partial charge >= 0.3 is 0 Å². The Balaban J connectivity index is 1.59. The van der Waals surface area contributed by atoms with Crippen molar-refractivity contribution in [2.24, 2.45) is 0 Å². The van der Waals surface area contributed by atoms with Crippen molar-refractivity contribution in [3.8, 4) is 5.75 Å². The Morgan fingerprint density at radius 2 is 1.67 bits per heavy atom. The molecular formula is C20H24BrN3O3. The Labute approximate surface area is 167 Å². The predicted molar refractivity (Wildman–Crippen MR) is 109 cm³/mol. The minimum Gasteiger partial charge on any atom is -0.495 e. The first-order chi connectivity index (χ1) is 13.1. The largest absolute Gasteiger partial charge is 0.495 e. The number of amides is 2. The standard InChI is InChI=1S/C20H24BrN3O3/c1-27-18-8-4-3-7-17(18)22-14-20(26)24-23-19(25)9-5-2-6-15-10-12-16(21)13-11-15/h3-4,7-8,10-13,22H,2,5-6,9,14H2,1H3,(H,23,25)(H,24,26). The number of unbranched alkanes of at least 4 members (excludes halogenated alkanes) is 1. The predicted octanol–water partition coefficient (Wildman–Crippen LogP) is 3.43. The summed E-state index contributed by atoms with van der Waals surface area (Å²) < 4.78 is 6.26. The van der Waals surface area contributed by atoms with Gasteiger partial charge in [-0.1, -0.05) is 40.2 Å². The van der Waals surface area contributed by atoms with Crippen LogP contribution < -0.4 is 20.9 Å². The number of halogens is 1. The van der Waals surface area contributed by atoms with Crippen LogP contribution in [0.1, 0.15) is 24.8 Å². The van der Waals surface area contributed by atoms with Crippen molar-refractivity contribution in [1.82, 2.24) is 10.9 Å². The van der Waals surface area contributed by atoms with Crippen LogP contribution in [0, 0.1) is 0 Å². The van der Waals surface area contributed by atoms with Crippen LogP contribution in [0.25, 0.3) is 0 Å². The van der Waals surface area contributed by atoms with Gasteiger partial charge in [0.15, 0.2) is 0 Å². The third-order valence-electron chi connectivity index (χ3n) is 3.92. The lowest BCUT2D eigenvalue weighted by Gasteiger charge is -2.11. The van der Waals surface area contributed by atoms with Crippen LogP contribution in [0.4, 0.5) is 5.69 Å². The van der Waals surface area contributed by atoms with Gasteiger partial charge in [-0.25, -0.2) is 0 Å². The molecule has 0 aliphatic heterocycles. The van der Waals surface area contributed by atoms with Crippen LogP contribution >= 0.6 is 15.9 Å². The molecule has 0 bridgehead atoms. The van der Waals surface area contributed by atoms with Gasteiger partial charge in [-0.2, -0.15) is 0 Å². The molecule has 0 aromatic heterocycles. The van der Waals surface area contributed by atoms with Gasteiger partial charge in [0, 0.05) is 10.9 Å². The monoisotopic (exact) mass is 433 g/mol. The van der Waals surface area contributed by atoms with E-state index in [0.29, 0.717) is 12.2 Å². The second-order valence-electron chi connectivity index (χ2n) is 5.98. The van der Waals surface area contributed by atoms with Crippen LogP contribution in [0.3, 0.4) is 0 Å². The summed E-state index contributed by atoms with van der Waals surface area (Å²) in [6.45, 7) is 0.0320. The highest BCUT2D eigenvalue weighted by Crippen LogP contribution is 2.22. The molecule has 0 unspecified atom stereocenters.